The van der Waals surface area contributed by atoms with Crippen molar-refractivity contribution >= 4 is 11.9 Å². The molecule has 0 aliphatic carbocycles. The van der Waals surface area contributed by atoms with Crippen molar-refractivity contribution in [2.75, 3.05) is 13.2 Å². The zero-order chi connectivity index (χ0) is 15.2. The van der Waals surface area contributed by atoms with Crippen LogP contribution in [0.3, 0.4) is 0 Å². The number of carbonyl (C=O) groups excluding carboxylic acids is 2. The molecule has 1 heterocycles. The average molecular weight is 283 g/mol. The van der Waals surface area contributed by atoms with E-state index in [1.807, 2.05) is 6.92 Å². The molecule has 1 rings (SSSR count). The van der Waals surface area contributed by atoms with Gasteiger partial charge in [-0.15, -0.1) is 0 Å². The largest absolute Gasteiger partial charge is 0.465 e. The highest BCUT2D eigenvalue weighted by molar-refractivity contribution is 5.99. The van der Waals surface area contributed by atoms with Crippen molar-refractivity contribution in [1.29, 1.82) is 0 Å². The maximum Gasteiger partial charge on any atom is 0.323 e. The number of ether oxygens (including phenoxy) is 2. The first-order chi connectivity index (χ1) is 9.49. The van der Waals surface area contributed by atoms with Gasteiger partial charge >= 0.3 is 11.9 Å². The smallest absolute Gasteiger partial charge is 0.323 e. The highest BCUT2D eigenvalue weighted by Crippen LogP contribution is 2.26. The Kier molecular flexibility index (Phi) is 5.66. The zero-order valence-electron chi connectivity index (χ0n) is 12.4. The molecule has 0 aliphatic heterocycles. The highest BCUT2D eigenvalue weighted by atomic mass is 16.6. The van der Waals surface area contributed by atoms with Gasteiger partial charge in [-0.05, 0) is 27.7 Å². The summed E-state index contributed by atoms with van der Waals surface area (Å²) in [5.41, 5.74) is -1.41. The Bertz CT molecular complexity index is 452. The molecule has 0 aromatic carbocycles. The third-order valence-electron chi connectivity index (χ3n) is 2.96. The van der Waals surface area contributed by atoms with Crippen molar-refractivity contribution in [1.82, 2.24) is 14.8 Å². The van der Waals surface area contributed by atoms with Crippen LogP contribution in [0.25, 0.3) is 0 Å². The van der Waals surface area contributed by atoms with Gasteiger partial charge in [0.1, 0.15) is 12.2 Å². The molecule has 7 nitrogen and oxygen atoms in total. The Morgan fingerprint density at radius 2 is 1.75 bits per heavy atom. The van der Waals surface area contributed by atoms with Gasteiger partial charge in [0, 0.05) is 13.0 Å². The van der Waals surface area contributed by atoms with Gasteiger partial charge in [-0.2, -0.15) is 5.10 Å². The summed E-state index contributed by atoms with van der Waals surface area (Å²) in [6.07, 6.45) is 1.49. The Morgan fingerprint density at radius 3 is 2.20 bits per heavy atom. The van der Waals surface area contributed by atoms with E-state index in [0.29, 0.717) is 12.4 Å². The second kappa shape index (κ2) is 7.02. The van der Waals surface area contributed by atoms with Crippen molar-refractivity contribution in [3.63, 3.8) is 0 Å². The third kappa shape index (κ3) is 3.34. The maximum absolute atomic E-state index is 12.1. The lowest BCUT2D eigenvalue weighted by molar-refractivity contribution is -0.170. The molecule has 0 unspecified atom stereocenters. The van der Waals surface area contributed by atoms with Crippen molar-refractivity contribution < 1.29 is 19.1 Å². The SMILES string of the molecule is CCOC(=O)C(C)(Cc1ncnn1CC)C(=O)OCC. The van der Waals surface area contributed by atoms with E-state index in [1.165, 1.54) is 13.3 Å². The molecule has 0 fully saturated rings. The molecule has 0 spiro atoms. The normalized spacial score (nSPS) is 11.2. The van der Waals surface area contributed by atoms with Gasteiger partial charge in [-0.3, -0.25) is 14.3 Å². The summed E-state index contributed by atoms with van der Waals surface area (Å²) in [5, 5.41) is 4.03. The van der Waals surface area contributed by atoms with E-state index in [9.17, 15) is 9.59 Å². The number of aryl methyl sites for hydroxylation is 1. The molecule has 0 N–H and O–H groups in total. The van der Waals surface area contributed by atoms with Crippen LogP contribution in [0.5, 0.6) is 0 Å². The fourth-order valence-electron chi connectivity index (χ4n) is 1.81. The van der Waals surface area contributed by atoms with Gasteiger partial charge < -0.3 is 9.47 Å². The molecule has 0 radical (unpaired) electrons. The summed E-state index contributed by atoms with van der Waals surface area (Å²) >= 11 is 0. The number of nitrogens with zero attached hydrogens (tertiary/aromatic N) is 3. The molecule has 7 heteroatoms. The standard InChI is InChI=1S/C13H21N3O4/c1-5-16-10(14-9-15-16)8-13(4,11(17)19-6-2)12(18)20-7-3/h9H,5-8H2,1-4H3. The van der Waals surface area contributed by atoms with Crippen molar-refractivity contribution in [2.24, 2.45) is 5.41 Å². The number of hydrogen-bond donors (Lipinski definition) is 0. The lowest BCUT2D eigenvalue weighted by atomic mass is 9.86. The first kappa shape index (κ1) is 16.1. The van der Waals surface area contributed by atoms with Crippen LogP contribution in [0.15, 0.2) is 6.33 Å². The van der Waals surface area contributed by atoms with Gasteiger partial charge in [0.2, 0.25) is 0 Å². The molecule has 0 amide bonds. The van der Waals surface area contributed by atoms with Crippen LogP contribution in [0.1, 0.15) is 33.5 Å². The summed E-state index contributed by atoms with van der Waals surface area (Å²) in [7, 11) is 0. The topological polar surface area (TPSA) is 83.3 Å². The van der Waals surface area contributed by atoms with Crippen LogP contribution in [-0.2, 0) is 32.0 Å². The summed E-state index contributed by atoms with van der Waals surface area (Å²) < 4.78 is 11.6. The van der Waals surface area contributed by atoms with Crippen LogP contribution in [0.2, 0.25) is 0 Å². The number of aromatic nitrogens is 3. The van der Waals surface area contributed by atoms with Crippen LogP contribution in [0.4, 0.5) is 0 Å². The lowest BCUT2D eigenvalue weighted by Gasteiger charge is -2.24. The quantitative estimate of drug-likeness (QED) is 0.548. The number of esters is 2. The van der Waals surface area contributed by atoms with E-state index in [0.717, 1.165) is 0 Å². The second-order valence-electron chi connectivity index (χ2n) is 4.44. The minimum atomic E-state index is -1.41. The molecule has 20 heavy (non-hydrogen) atoms. The highest BCUT2D eigenvalue weighted by Gasteiger charge is 2.45. The zero-order valence-corrected chi connectivity index (χ0v) is 12.4. The predicted molar refractivity (Wildman–Crippen MR) is 70.8 cm³/mol. The number of hydrogen-bond acceptors (Lipinski definition) is 6. The fraction of sp³-hybridized carbons (Fsp3) is 0.692. The minimum Gasteiger partial charge on any atom is -0.465 e. The molecule has 0 saturated carbocycles. The summed E-state index contributed by atoms with van der Waals surface area (Å²) in [4.78, 5) is 28.3. The van der Waals surface area contributed by atoms with E-state index in [2.05, 4.69) is 10.1 Å². The van der Waals surface area contributed by atoms with Crippen molar-refractivity contribution in [3.8, 4) is 0 Å². The Balaban J connectivity index is 3.04. The van der Waals surface area contributed by atoms with E-state index >= 15 is 0 Å². The van der Waals surface area contributed by atoms with E-state index < -0.39 is 17.4 Å². The lowest BCUT2D eigenvalue weighted by Crippen LogP contribution is -2.42. The van der Waals surface area contributed by atoms with Gasteiger partial charge in [0.15, 0.2) is 5.41 Å². The van der Waals surface area contributed by atoms with Crippen LogP contribution in [0, 0.1) is 5.41 Å². The van der Waals surface area contributed by atoms with Crippen molar-refractivity contribution in [2.45, 2.75) is 40.7 Å². The van der Waals surface area contributed by atoms with Crippen LogP contribution >= 0.6 is 0 Å². The molecular weight excluding hydrogens is 262 g/mol. The third-order valence-corrected chi connectivity index (χ3v) is 2.96. The Labute approximate surface area is 118 Å². The van der Waals surface area contributed by atoms with Gasteiger partial charge in [-0.1, -0.05) is 0 Å². The molecule has 112 valence electrons. The predicted octanol–water partition coefficient (Wildman–Crippen LogP) is 0.973. The molecule has 0 atom stereocenters. The number of carbonyl (C=O) groups is 2. The van der Waals surface area contributed by atoms with E-state index in [1.54, 1.807) is 18.5 Å². The first-order valence-corrected chi connectivity index (χ1v) is 6.70. The van der Waals surface area contributed by atoms with Crippen molar-refractivity contribution in [3.05, 3.63) is 12.2 Å². The molecular formula is C13H21N3O4. The van der Waals surface area contributed by atoms with E-state index in [-0.39, 0.29) is 19.6 Å². The van der Waals surface area contributed by atoms with Gasteiger partial charge in [0.25, 0.3) is 0 Å². The summed E-state index contributed by atoms with van der Waals surface area (Å²) in [6.45, 7) is 7.82. The Hall–Kier alpha value is -1.92. The fourth-order valence-corrected chi connectivity index (χ4v) is 1.81. The minimum absolute atomic E-state index is 0.0957. The average Bonchev–Trinajstić information content (AvgIpc) is 2.86. The Morgan fingerprint density at radius 1 is 1.20 bits per heavy atom. The molecule has 0 saturated heterocycles. The molecule has 1 aromatic rings. The monoisotopic (exact) mass is 283 g/mol. The molecule has 1 aromatic heterocycles. The summed E-state index contributed by atoms with van der Waals surface area (Å²) in [6, 6.07) is 0. The molecule has 0 bridgehead atoms. The van der Waals surface area contributed by atoms with Crippen LogP contribution in [-0.4, -0.2) is 39.9 Å². The summed E-state index contributed by atoms with van der Waals surface area (Å²) in [5.74, 6) is -0.663. The number of rotatable bonds is 7. The van der Waals surface area contributed by atoms with Gasteiger partial charge in [-0.25, -0.2) is 4.98 Å². The van der Waals surface area contributed by atoms with Gasteiger partial charge in [0.05, 0.1) is 13.2 Å². The maximum atomic E-state index is 12.1. The second-order valence-corrected chi connectivity index (χ2v) is 4.44. The molecule has 0 aliphatic rings. The van der Waals surface area contributed by atoms with Crippen LogP contribution < -0.4 is 0 Å². The van der Waals surface area contributed by atoms with E-state index in [4.69, 9.17) is 9.47 Å². The first-order valence-electron chi connectivity index (χ1n) is 6.70.